The van der Waals surface area contributed by atoms with Gasteiger partial charge in [0.15, 0.2) is 5.78 Å². The molecule has 2 rings (SSSR count). The van der Waals surface area contributed by atoms with Crippen molar-refractivity contribution in [3.8, 4) is 0 Å². The molecule has 1 heterocycles. The van der Waals surface area contributed by atoms with E-state index >= 15 is 0 Å². The number of hydrogen-bond acceptors (Lipinski definition) is 2. The highest BCUT2D eigenvalue weighted by molar-refractivity contribution is 5.96. The van der Waals surface area contributed by atoms with Gasteiger partial charge in [0.05, 0.1) is 0 Å². The van der Waals surface area contributed by atoms with Crippen LogP contribution in [0.15, 0.2) is 47.4 Å². The number of Topliss-reactive ketones (excluding diaryl/α,β-unsaturated/α-hetero) is 1. The number of hydrogen-bond donors (Lipinski definition) is 0. The summed E-state index contributed by atoms with van der Waals surface area (Å²) >= 11 is 0. The molecule has 0 bridgehead atoms. The van der Waals surface area contributed by atoms with Gasteiger partial charge in [-0.3, -0.25) is 9.59 Å². The molecular weight excluding hydrogens is 238 g/mol. The van der Waals surface area contributed by atoms with Crippen molar-refractivity contribution < 1.29 is 4.79 Å². The van der Waals surface area contributed by atoms with Gasteiger partial charge in [-0.25, -0.2) is 0 Å². The standard InChI is InChI=1S/C16H16NO2/c1-12-5-3-4-6-13(12)7-9-15(18)14-8-10-16(19)17(2)11-14/h3-8,10-11H,9H2,1-2H3. The number of aromatic nitrogens is 1. The molecule has 0 aliphatic carbocycles. The van der Waals surface area contributed by atoms with Gasteiger partial charge in [0.25, 0.3) is 0 Å². The molecule has 0 aliphatic rings. The maximum atomic E-state index is 12.0. The second-order valence-corrected chi connectivity index (χ2v) is 4.55. The fraction of sp³-hybridized carbons (Fsp3) is 0.188. The third-order valence-electron chi connectivity index (χ3n) is 3.10. The van der Waals surface area contributed by atoms with Crippen molar-refractivity contribution in [1.29, 1.82) is 0 Å². The van der Waals surface area contributed by atoms with Crippen LogP contribution in [0.5, 0.6) is 0 Å². The Morgan fingerprint density at radius 3 is 2.63 bits per heavy atom. The van der Waals surface area contributed by atoms with E-state index in [1.54, 1.807) is 19.3 Å². The number of carbonyl (C=O) groups is 1. The van der Waals surface area contributed by atoms with Gasteiger partial charge in [0.1, 0.15) is 0 Å². The first-order valence-electron chi connectivity index (χ1n) is 6.16. The molecule has 0 saturated heterocycles. The number of benzene rings is 1. The molecule has 97 valence electrons. The van der Waals surface area contributed by atoms with Crippen LogP contribution in [-0.4, -0.2) is 10.4 Å². The number of aryl methyl sites for hydroxylation is 2. The average molecular weight is 254 g/mol. The first-order valence-corrected chi connectivity index (χ1v) is 6.16. The average Bonchev–Trinajstić information content (AvgIpc) is 2.40. The topological polar surface area (TPSA) is 39.1 Å². The molecule has 0 saturated carbocycles. The van der Waals surface area contributed by atoms with Gasteiger partial charge in [0.2, 0.25) is 5.56 Å². The van der Waals surface area contributed by atoms with Gasteiger partial charge in [-0.1, -0.05) is 24.3 Å². The fourth-order valence-electron chi connectivity index (χ4n) is 1.90. The summed E-state index contributed by atoms with van der Waals surface area (Å²) in [7, 11) is 1.64. The van der Waals surface area contributed by atoms with Crippen LogP contribution in [0, 0.1) is 13.3 Å². The van der Waals surface area contributed by atoms with E-state index in [2.05, 4.69) is 0 Å². The second-order valence-electron chi connectivity index (χ2n) is 4.55. The van der Waals surface area contributed by atoms with Gasteiger partial charge in [-0.2, -0.15) is 0 Å². The summed E-state index contributed by atoms with van der Waals surface area (Å²) < 4.78 is 1.42. The van der Waals surface area contributed by atoms with Crippen LogP contribution in [0.2, 0.25) is 0 Å². The minimum atomic E-state index is -0.112. The lowest BCUT2D eigenvalue weighted by Crippen LogP contribution is -2.16. The lowest BCUT2D eigenvalue weighted by molar-refractivity contribution is 0.0992. The van der Waals surface area contributed by atoms with Crippen molar-refractivity contribution in [2.45, 2.75) is 13.3 Å². The Hall–Kier alpha value is -2.16. The van der Waals surface area contributed by atoms with Crippen LogP contribution >= 0.6 is 0 Å². The summed E-state index contributed by atoms with van der Waals surface area (Å²) in [5.41, 5.74) is 2.67. The molecule has 0 N–H and O–H groups in total. The molecule has 1 radical (unpaired) electrons. The zero-order valence-corrected chi connectivity index (χ0v) is 11.1. The lowest BCUT2D eigenvalue weighted by Gasteiger charge is -2.05. The smallest absolute Gasteiger partial charge is 0.250 e. The number of pyridine rings is 1. The number of ketones is 1. The van der Waals surface area contributed by atoms with Crippen molar-refractivity contribution in [1.82, 2.24) is 4.57 Å². The van der Waals surface area contributed by atoms with Crippen LogP contribution in [-0.2, 0) is 7.05 Å². The van der Waals surface area contributed by atoms with Crippen molar-refractivity contribution in [2.24, 2.45) is 7.05 Å². The predicted molar refractivity (Wildman–Crippen MR) is 75.2 cm³/mol. The van der Waals surface area contributed by atoms with Gasteiger partial charge in [-0.15, -0.1) is 0 Å². The van der Waals surface area contributed by atoms with Crippen LogP contribution in [0.3, 0.4) is 0 Å². The third kappa shape index (κ3) is 3.19. The number of rotatable bonds is 4. The summed E-state index contributed by atoms with van der Waals surface area (Å²) in [6.07, 6.45) is 3.84. The molecule has 19 heavy (non-hydrogen) atoms. The first-order chi connectivity index (χ1) is 9.08. The van der Waals surface area contributed by atoms with Gasteiger partial charge in [0, 0.05) is 31.3 Å². The zero-order valence-electron chi connectivity index (χ0n) is 11.1. The van der Waals surface area contributed by atoms with Crippen LogP contribution < -0.4 is 5.56 Å². The Bertz CT molecular complexity index is 656. The van der Waals surface area contributed by atoms with E-state index < -0.39 is 0 Å². The van der Waals surface area contributed by atoms with Crippen molar-refractivity contribution in [2.75, 3.05) is 0 Å². The molecule has 0 unspecified atom stereocenters. The summed E-state index contributed by atoms with van der Waals surface area (Å²) in [5, 5.41) is 0. The third-order valence-corrected chi connectivity index (χ3v) is 3.10. The fourth-order valence-corrected chi connectivity index (χ4v) is 1.90. The largest absolute Gasteiger partial charge is 0.318 e. The summed E-state index contributed by atoms with van der Waals surface area (Å²) in [5.74, 6) is 0.0128. The van der Waals surface area contributed by atoms with E-state index in [0.29, 0.717) is 12.0 Å². The Labute approximate surface area is 112 Å². The number of carbonyl (C=O) groups excluding carboxylic acids is 1. The Morgan fingerprint density at radius 2 is 1.95 bits per heavy atom. The quantitative estimate of drug-likeness (QED) is 0.786. The van der Waals surface area contributed by atoms with Crippen molar-refractivity contribution in [3.05, 3.63) is 76.1 Å². The molecule has 0 atom stereocenters. The Morgan fingerprint density at radius 1 is 1.21 bits per heavy atom. The minimum Gasteiger partial charge on any atom is -0.318 e. The minimum absolute atomic E-state index is 0.0128. The highest BCUT2D eigenvalue weighted by atomic mass is 16.1. The molecular formula is C16H16NO2. The van der Waals surface area contributed by atoms with E-state index in [4.69, 9.17) is 0 Å². The van der Waals surface area contributed by atoms with Crippen LogP contribution in [0.1, 0.15) is 27.9 Å². The monoisotopic (exact) mass is 254 g/mol. The Kier molecular flexibility index (Phi) is 3.95. The second kappa shape index (κ2) is 5.65. The molecule has 0 fully saturated rings. The van der Waals surface area contributed by atoms with Crippen LogP contribution in [0.4, 0.5) is 0 Å². The molecule has 2 aromatic rings. The van der Waals surface area contributed by atoms with E-state index in [1.165, 1.54) is 10.6 Å². The molecule has 1 aromatic heterocycles. The predicted octanol–water partition coefficient (Wildman–Crippen LogP) is 2.52. The summed E-state index contributed by atoms with van der Waals surface area (Å²) in [6, 6.07) is 10.9. The first kappa shape index (κ1) is 13.3. The van der Waals surface area contributed by atoms with E-state index in [0.717, 1.165) is 11.1 Å². The zero-order chi connectivity index (χ0) is 13.8. The SMILES string of the molecule is Cc1ccccc1[CH]CC(=O)c1ccc(=O)n(C)c1. The van der Waals surface area contributed by atoms with Crippen molar-refractivity contribution >= 4 is 5.78 Å². The summed E-state index contributed by atoms with van der Waals surface area (Å²) in [6.45, 7) is 2.02. The normalized spacial score (nSPS) is 10.4. The van der Waals surface area contributed by atoms with Gasteiger partial charge >= 0.3 is 0 Å². The summed E-state index contributed by atoms with van der Waals surface area (Å²) in [4.78, 5) is 23.3. The van der Waals surface area contributed by atoms with Crippen LogP contribution in [0.25, 0.3) is 0 Å². The van der Waals surface area contributed by atoms with E-state index in [9.17, 15) is 9.59 Å². The highest BCUT2D eigenvalue weighted by Crippen LogP contribution is 2.13. The lowest BCUT2D eigenvalue weighted by atomic mass is 10.0. The molecule has 3 heteroatoms. The van der Waals surface area contributed by atoms with E-state index in [1.807, 2.05) is 37.6 Å². The molecule has 0 aliphatic heterocycles. The maximum absolute atomic E-state index is 12.0. The van der Waals surface area contributed by atoms with E-state index in [-0.39, 0.29) is 11.3 Å². The van der Waals surface area contributed by atoms with Crippen molar-refractivity contribution in [3.63, 3.8) is 0 Å². The molecule has 0 amide bonds. The maximum Gasteiger partial charge on any atom is 0.250 e. The Balaban J connectivity index is 2.08. The molecule has 0 spiro atoms. The highest BCUT2D eigenvalue weighted by Gasteiger charge is 2.08. The molecule has 3 nitrogen and oxygen atoms in total. The van der Waals surface area contributed by atoms with Gasteiger partial charge in [-0.05, 0) is 30.5 Å². The van der Waals surface area contributed by atoms with Gasteiger partial charge < -0.3 is 4.57 Å². The molecule has 1 aromatic carbocycles. The number of nitrogens with zero attached hydrogens (tertiary/aromatic N) is 1.